The first-order valence-corrected chi connectivity index (χ1v) is 8.85. The summed E-state index contributed by atoms with van der Waals surface area (Å²) in [5, 5.41) is 3.01. The Bertz CT molecular complexity index is 794. The lowest BCUT2D eigenvalue weighted by molar-refractivity contribution is 0.102. The van der Waals surface area contributed by atoms with Gasteiger partial charge in [0.1, 0.15) is 18.3 Å². The summed E-state index contributed by atoms with van der Waals surface area (Å²) in [6.45, 7) is 0.316. The minimum atomic E-state index is -2.06. The van der Waals surface area contributed by atoms with Crippen LogP contribution in [0.25, 0.3) is 0 Å². The maximum Gasteiger partial charge on any atom is 0.231 e. The van der Waals surface area contributed by atoms with E-state index in [1.165, 1.54) is 18.5 Å². The normalized spacial score (nSPS) is 22.2. The lowest BCUT2D eigenvalue weighted by Crippen LogP contribution is -2.29. The monoisotopic (exact) mass is 364 g/mol. The van der Waals surface area contributed by atoms with Gasteiger partial charge in [-0.15, -0.1) is 0 Å². The standard InChI is InChI=1S/C16H17FN4O3S/c17-12-5-10(2-1-3-21-25(23)24)4-11(6-12)15(22)13-8-19-16-14(13)7-18-9-20-16/h4-9,14,16,19,21H,1-3H2,(H,23,24). The van der Waals surface area contributed by atoms with Gasteiger partial charge in [0.05, 0.1) is 5.92 Å². The molecule has 7 nitrogen and oxygen atoms in total. The number of rotatable bonds is 7. The van der Waals surface area contributed by atoms with Crippen LogP contribution in [-0.4, -0.2) is 39.8 Å². The molecule has 132 valence electrons. The first kappa shape index (κ1) is 17.6. The van der Waals surface area contributed by atoms with E-state index in [1.54, 1.807) is 18.5 Å². The third-order valence-corrected chi connectivity index (χ3v) is 4.45. The molecule has 2 heterocycles. The molecule has 0 fully saturated rings. The van der Waals surface area contributed by atoms with Crippen molar-refractivity contribution in [2.75, 3.05) is 6.54 Å². The Morgan fingerprint density at radius 2 is 2.24 bits per heavy atom. The highest BCUT2D eigenvalue weighted by atomic mass is 32.2. The smallest absolute Gasteiger partial charge is 0.231 e. The first-order chi connectivity index (χ1) is 12.0. The van der Waals surface area contributed by atoms with Crippen LogP contribution in [0, 0.1) is 11.7 Å². The third-order valence-electron chi connectivity index (χ3n) is 4.00. The van der Waals surface area contributed by atoms with Gasteiger partial charge in [0.2, 0.25) is 11.3 Å². The van der Waals surface area contributed by atoms with E-state index in [0.29, 0.717) is 30.5 Å². The van der Waals surface area contributed by atoms with Crippen molar-refractivity contribution in [3.63, 3.8) is 0 Å². The fourth-order valence-electron chi connectivity index (χ4n) is 2.85. The molecule has 0 spiro atoms. The molecule has 0 radical (unpaired) electrons. The highest BCUT2D eigenvalue weighted by molar-refractivity contribution is 7.77. The molecule has 2 aliphatic heterocycles. The third kappa shape index (κ3) is 4.25. The number of halogens is 1. The lowest BCUT2D eigenvalue weighted by atomic mass is 9.92. The van der Waals surface area contributed by atoms with Gasteiger partial charge in [-0.3, -0.25) is 9.35 Å². The van der Waals surface area contributed by atoms with E-state index in [-0.39, 0.29) is 23.4 Å². The van der Waals surface area contributed by atoms with Gasteiger partial charge in [-0.25, -0.2) is 23.3 Å². The molecule has 0 aromatic heterocycles. The molecule has 1 aromatic carbocycles. The Morgan fingerprint density at radius 3 is 3.04 bits per heavy atom. The molecule has 0 saturated carbocycles. The molecular formula is C16H17FN4O3S. The maximum absolute atomic E-state index is 13.9. The van der Waals surface area contributed by atoms with Crippen LogP contribution in [0.4, 0.5) is 4.39 Å². The van der Waals surface area contributed by atoms with Gasteiger partial charge >= 0.3 is 0 Å². The summed E-state index contributed by atoms with van der Waals surface area (Å²) < 4.78 is 35.5. The molecule has 3 unspecified atom stereocenters. The number of ketones is 1. The van der Waals surface area contributed by atoms with Gasteiger partial charge in [-0.05, 0) is 36.6 Å². The van der Waals surface area contributed by atoms with Gasteiger partial charge in [-0.1, -0.05) is 0 Å². The number of nitrogens with zero attached hydrogens (tertiary/aromatic N) is 2. The Labute approximate surface area is 146 Å². The Kier molecular flexibility index (Phi) is 5.47. The highest BCUT2D eigenvalue weighted by Crippen LogP contribution is 2.26. The molecule has 0 saturated heterocycles. The van der Waals surface area contributed by atoms with Crippen molar-refractivity contribution in [2.45, 2.75) is 19.0 Å². The van der Waals surface area contributed by atoms with E-state index in [4.69, 9.17) is 4.55 Å². The number of aryl methyl sites for hydroxylation is 1. The second kappa shape index (κ2) is 7.77. The van der Waals surface area contributed by atoms with Gasteiger partial charge in [-0.2, -0.15) is 0 Å². The predicted octanol–water partition coefficient (Wildman–Crippen LogP) is 1.21. The van der Waals surface area contributed by atoms with Crippen molar-refractivity contribution < 1.29 is 17.9 Å². The second-order valence-electron chi connectivity index (χ2n) is 5.72. The molecule has 1 aromatic rings. The zero-order valence-corrected chi connectivity index (χ0v) is 14.0. The van der Waals surface area contributed by atoms with E-state index < -0.39 is 17.1 Å². The minimum Gasteiger partial charge on any atom is -0.369 e. The van der Waals surface area contributed by atoms with Crippen molar-refractivity contribution >= 4 is 29.6 Å². The second-order valence-corrected chi connectivity index (χ2v) is 6.51. The summed E-state index contributed by atoms with van der Waals surface area (Å²) >= 11 is -2.06. The van der Waals surface area contributed by atoms with Crippen molar-refractivity contribution in [1.82, 2.24) is 10.0 Å². The van der Waals surface area contributed by atoms with Crippen LogP contribution in [-0.2, 0) is 17.7 Å². The Hall–Kier alpha value is -2.23. The van der Waals surface area contributed by atoms with Gasteiger partial charge < -0.3 is 5.32 Å². The van der Waals surface area contributed by atoms with Crippen molar-refractivity contribution in [1.29, 1.82) is 0 Å². The van der Waals surface area contributed by atoms with E-state index in [9.17, 15) is 13.4 Å². The first-order valence-electron chi connectivity index (χ1n) is 7.74. The van der Waals surface area contributed by atoms with Crippen LogP contribution in [0.15, 0.2) is 40.0 Å². The predicted molar refractivity (Wildman–Crippen MR) is 93.3 cm³/mol. The summed E-state index contributed by atoms with van der Waals surface area (Å²) in [6.07, 6.45) is 5.48. The molecule has 3 atom stereocenters. The van der Waals surface area contributed by atoms with E-state index in [2.05, 4.69) is 20.0 Å². The Balaban J connectivity index is 1.71. The van der Waals surface area contributed by atoms with Crippen molar-refractivity contribution in [2.24, 2.45) is 15.9 Å². The molecule has 0 bridgehead atoms. The van der Waals surface area contributed by atoms with E-state index in [0.717, 1.165) is 0 Å². The summed E-state index contributed by atoms with van der Waals surface area (Å²) in [6, 6.07) is 4.23. The van der Waals surface area contributed by atoms with Crippen LogP contribution in [0.2, 0.25) is 0 Å². The summed E-state index contributed by atoms with van der Waals surface area (Å²) in [5.74, 6) is -1.01. The lowest BCUT2D eigenvalue weighted by Gasteiger charge is -2.16. The molecule has 25 heavy (non-hydrogen) atoms. The van der Waals surface area contributed by atoms with Gasteiger partial charge in [0.25, 0.3) is 0 Å². The average molecular weight is 364 g/mol. The number of nitrogens with one attached hydrogen (secondary N) is 2. The highest BCUT2D eigenvalue weighted by Gasteiger charge is 2.33. The maximum atomic E-state index is 13.9. The number of fused-ring (bicyclic) bond motifs is 1. The van der Waals surface area contributed by atoms with Gasteiger partial charge in [0.15, 0.2) is 5.78 Å². The van der Waals surface area contributed by atoms with Crippen LogP contribution in [0.3, 0.4) is 0 Å². The van der Waals surface area contributed by atoms with Crippen LogP contribution in [0.5, 0.6) is 0 Å². The van der Waals surface area contributed by atoms with Crippen LogP contribution >= 0.6 is 0 Å². The minimum absolute atomic E-state index is 0.241. The van der Waals surface area contributed by atoms with Crippen LogP contribution < -0.4 is 10.0 Å². The topological polar surface area (TPSA) is 103 Å². The molecule has 0 aliphatic carbocycles. The van der Waals surface area contributed by atoms with E-state index >= 15 is 0 Å². The largest absolute Gasteiger partial charge is 0.369 e. The summed E-state index contributed by atoms with van der Waals surface area (Å²) in [7, 11) is 0. The quantitative estimate of drug-likeness (QED) is 0.384. The molecular weight excluding hydrogens is 347 g/mol. The number of Topliss-reactive ketones (excluding diaryl/α,β-unsaturated/α-hetero) is 1. The molecule has 3 N–H and O–H groups in total. The van der Waals surface area contributed by atoms with Crippen molar-refractivity contribution in [3.8, 4) is 0 Å². The number of aliphatic imine (C=N–C) groups is 2. The summed E-state index contributed by atoms with van der Waals surface area (Å²) in [5.41, 5.74) is 1.43. The fourth-order valence-corrected chi connectivity index (χ4v) is 3.16. The zero-order valence-electron chi connectivity index (χ0n) is 13.2. The number of hydrogen-bond donors (Lipinski definition) is 3. The van der Waals surface area contributed by atoms with Crippen molar-refractivity contribution in [3.05, 3.63) is 46.9 Å². The molecule has 2 aliphatic rings. The van der Waals surface area contributed by atoms with Gasteiger partial charge in [0, 0.05) is 30.1 Å². The molecule has 3 rings (SSSR count). The van der Waals surface area contributed by atoms with Crippen LogP contribution in [0.1, 0.15) is 22.3 Å². The number of benzene rings is 1. The molecule has 9 heteroatoms. The fraction of sp³-hybridized carbons (Fsp3) is 0.312. The zero-order chi connectivity index (χ0) is 17.8. The number of carbonyl (C=O) groups is 1. The summed E-state index contributed by atoms with van der Waals surface area (Å²) in [4.78, 5) is 20.9. The Morgan fingerprint density at radius 1 is 1.40 bits per heavy atom. The van der Waals surface area contributed by atoms with E-state index in [1.807, 2.05) is 0 Å². The SMILES string of the molecule is O=C(C1=CNC2N=CN=CC12)c1cc(F)cc(CCCNS(=O)O)c1. The average Bonchev–Trinajstić information content (AvgIpc) is 3.01. The number of carbonyl (C=O) groups excluding carboxylic acids is 1. The molecule has 0 amide bonds. The number of hydrogen-bond acceptors (Lipinski definition) is 5.